The molecule has 0 saturated carbocycles. The first-order chi connectivity index (χ1) is 8.28. The van der Waals surface area contributed by atoms with Crippen molar-refractivity contribution in [1.29, 1.82) is 0 Å². The molecule has 0 aliphatic rings. The third-order valence-corrected chi connectivity index (χ3v) is 3.11. The summed E-state index contributed by atoms with van der Waals surface area (Å²) in [5.41, 5.74) is 0.529. The summed E-state index contributed by atoms with van der Waals surface area (Å²) in [6, 6.07) is 6.50. The molecule has 0 unspecified atom stereocenters. The summed E-state index contributed by atoms with van der Waals surface area (Å²) in [5.74, 6) is 0. The van der Waals surface area contributed by atoms with E-state index in [2.05, 4.69) is 15.9 Å². The lowest BCUT2D eigenvalue weighted by atomic mass is 10.1. The van der Waals surface area contributed by atoms with Gasteiger partial charge in [-0.3, -0.25) is 9.36 Å². The van der Waals surface area contributed by atoms with Crippen LogP contribution < -0.4 is 5.56 Å². The van der Waals surface area contributed by atoms with Crippen LogP contribution in [0.25, 0.3) is 10.9 Å². The SMILES string of the molecule is Cc1ccc2c(c1)cc(Br)c(=O)n2CC(F)(F)F. The lowest BCUT2D eigenvalue weighted by Gasteiger charge is -2.13. The van der Waals surface area contributed by atoms with Crippen molar-refractivity contribution < 1.29 is 13.2 Å². The summed E-state index contributed by atoms with van der Waals surface area (Å²) in [6.45, 7) is 0.553. The van der Waals surface area contributed by atoms with Crippen LogP contribution in [-0.2, 0) is 6.54 Å². The van der Waals surface area contributed by atoms with Gasteiger partial charge in [-0.2, -0.15) is 13.2 Å². The highest BCUT2D eigenvalue weighted by atomic mass is 79.9. The number of aryl methyl sites for hydroxylation is 1. The van der Waals surface area contributed by atoms with Crippen molar-refractivity contribution in [1.82, 2.24) is 4.57 Å². The van der Waals surface area contributed by atoms with E-state index in [1.807, 2.05) is 6.92 Å². The van der Waals surface area contributed by atoms with Gasteiger partial charge in [0.1, 0.15) is 6.54 Å². The largest absolute Gasteiger partial charge is 0.406 e. The zero-order valence-corrected chi connectivity index (χ0v) is 11.0. The zero-order chi connectivity index (χ0) is 13.5. The second-order valence-corrected chi connectivity index (χ2v) is 4.92. The Kier molecular flexibility index (Phi) is 3.23. The number of rotatable bonds is 1. The van der Waals surface area contributed by atoms with Crippen LogP contribution in [0.3, 0.4) is 0 Å². The Balaban J connectivity index is 2.77. The van der Waals surface area contributed by atoms with Gasteiger partial charge in [-0.25, -0.2) is 0 Å². The molecule has 0 fully saturated rings. The van der Waals surface area contributed by atoms with E-state index in [-0.39, 0.29) is 9.99 Å². The molecule has 1 aromatic carbocycles. The van der Waals surface area contributed by atoms with Gasteiger partial charge in [0, 0.05) is 0 Å². The maximum Gasteiger partial charge on any atom is 0.406 e. The first kappa shape index (κ1) is 13.1. The van der Waals surface area contributed by atoms with Crippen molar-refractivity contribution in [2.45, 2.75) is 19.6 Å². The predicted octanol–water partition coefficient (Wildman–Crippen LogP) is 3.63. The fourth-order valence-corrected chi connectivity index (χ4v) is 2.27. The Hall–Kier alpha value is -1.30. The van der Waals surface area contributed by atoms with Gasteiger partial charge in [0.05, 0.1) is 9.99 Å². The van der Waals surface area contributed by atoms with Crippen LogP contribution in [0.4, 0.5) is 13.2 Å². The highest BCUT2D eigenvalue weighted by Gasteiger charge is 2.29. The van der Waals surface area contributed by atoms with E-state index in [0.29, 0.717) is 5.39 Å². The van der Waals surface area contributed by atoms with Crippen molar-refractivity contribution in [2.24, 2.45) is 0 Å². The molecule has 2 nitrogen and oxygen atoms in total. The van der Waals surface area contributed by atoms with E-state index in [1.165, 1.54) is 12.1 Å². The van der Waals surface area contributed by atoms with Crippen molar-refractivity contribution in [3.8, 4) is 0 Å². The molecule has 0 atom stereocenters. The second kappa shape index (κ2) is 4.42. The second-order valence-electron chi connectivity index (χ2n) is 4.06. The summed E-state index contributed by atoms with van der Waals surface area (Å²) in [6.07, 6.45) is -4.43. The van der Waals surface area contributed by atoms with Crippen molar-refractivity contribution in [3.63, 3.8) is 0 Å². The van der Waals surface area contributed by atoms with Gasteiger partial charge >= 0.3 is 6.18 Å². The van der Waals surface area contributed by atoms with E-state index in [9.17, 15) is 18.0 Å². The van der Waals surface area contributed by atoms with E-state index in [1.54, 1.807) is 12.1 Å². The van der Waals surface area contributed by atoms with E-state index < -0.39 is 18.3 Å². The minimum Gasteiger partial charge on any atom is -0.298 e. The monoisotopic (exact) mass is 319 g/mol. The number of benzene rings is 1. The van der Waals surface area contributed by atoms with E-state index in [4.69, 9.17) is 0 Å². The first-order valence-corrected chi connectivity index (χ1v) is 5.94. The molecule has 0 amide bonds. The molecule has 6 heteroatoms. The molecule has 0 aliphatic carbocycles. The number of alkyl halides is 3. The molecular formula is C12H9BrF3NO. The van der Waals surface area contributed by atoms with Crippen LogP contribution in [-0.4, -0.2) is 10.7 Å². The number of hydrogen-bond acceptors (Lipinski definition) is 1. The summed E-state index contributed by atoms with van der Waals surface area (Å²) in [4.78, 5) is 11.8. The van der Waals surface area contributed by atoms with E-state index >= 15 is 0 Å². The minimum absolute atomic E-state index is 0.129. The van der Waals surface area contributed by atoms with Gasteiger partial charge < -0.3 is 0 Å². The fraction of sp³-hybridized carbons (Fsp3) is 0.250. The fourth-order valence-electron chi connectivity index (χ4n) is 1.81. The van der Waals surface area contributed by atoms with Crippen molar-refractivity contribution in [2.75, 3.05) is 0 Å². The molecule has 2 rings (SSSR count). The number of aromatic nitrogens is 1. The molecule has 0 bridgehead atoms. The Morgan fingerprint density at radius 1 is 1.28 bits per heavy atom. The molecule has 0 N–H and O–H groups in total. The van der Waals surface area contributed by atoms with Crippen molar-refractivity contribution in [3.05, 3.63) is 44.7 Å². The van der Waals surface area contributed by atoms with Gasteiger partial charge in [-0.1, -0.05) is 11.6 Å². The average Bonchev–Trinajstić information content (AvgIpc) is 2.23. The molecule has 18 heavy (non-hydrogen) atoms. The van der Waals surface area contributed by atoms with Gasteiger partial charge in [0.25, 0.3) is 5.56 Å². The Bertz CT molecular complexity index is 661. The lowest BCUT2D eigenvalue weighted by Crippen LogP contribution is -2.28. The quantitative estimate of drug-likeness (QED) is 0.786. The number of pyridine rings is 1. The molecule has 1 aromatic heterocycles. The maximum absolute atomic E-state index is 12.5. The highest BCUT2D eigenvalue weighted by molar-refractivity contribution is 9.10. The molecule has 2 aromatic rings. The third kappa shape index (κ3) is 2.58. The van der Waals surface area contributed by atoms with E-state index in [0.717, 1.165) is 10.1 Å². The summed E-state index contributed by atoms with van der Waals surface area (Å²) < 4.78 is 38.3. The lowest BCUT2D eigenvalue weighted by molar-refractivity contribution is -0.140. The van der Waals surface area contributed by atoms with Crippen LogP contribution in [0, 0.1) is 6.92 Å². The Labute approximate surface area is 109 Å². The molecule has 0 saturated heterocycles. The first-order valence-electron chi connectivity index (χ1n) is 5.14. The normalized spacial score (nSPS) is 12.1. The topological polar surface area (TPSA) is 22.0 Å². The van der Waals surface area contributed by atoms with Crippen LogP contribution in [0.5, 0.6) is 0 Å². The smallest absolute Gasteiger partial charge is 0.298 e. The van der Waals surface area contributed by atoms with Crippen molar-refractivity contribution >= 4 is 26.8 Å². The highest BCUT2D eigenvalue weighted by Crippen LogP contribution is 2.22. The maximum atomic E-state index is 12.5. The third-order valence-electron chi connectivity index (χ3n) is 2.54. The number of hydrogen-bond donors (Lipinski definition) is 0. The number of nitrogens with zero attached hydrogens (tertiary/aromatic N) is 1. The standard InChI is InChI=1S/C12H9BrF3NO/c1-7-2-3-10-8(4-7)5-9(13)11(18)17(10)6-12(14,15)16/h2-5H,6H2,1H3. The molecule has 0 spiro atoms. The van der Waals surface area contributed by atoms with Gasteiger partial charge in [0.15, 0.2) is 0 Å². The average molecular weight is 320 g/mol. The molecular weight excluding hydrogens is 311 g/mol. The molecule has 0 aliphatic heterocycles. The molecule has 96 valence electrons. The molecule has 1 heterocycles. The Morgan fingerprint density at radius 2 is 1.94 bits per heavy atom. The van der Waals surface area contributed by atoms with Crippen LogP contribution in [0.15, 0.2) is 33.5 Å². The number of halogens is 4. The predicted molar refractivity (Wildman–Crippen MR) is 66.7 cm³/mol. The summed E-state index contributed by atoms with van der Waals surface area (Å²) in [5, 5.41) is 0.603. The van der Waals surface area contributed by atoms with Crippen LogP contribution in [0.1, 0.15) is 5.56 Å². The molecule has 0 radical (unpaired) electrons. The zero-order valence-electron chi connectivity index (χ0n) is 9.38. The van der Waals surface area contributed by atoms with Crippen LogP contribution in [0.2, 0.25) is 0 Å². The van der Waals surface area contributed by atoms with Gasteiger partial charge in [-0.15, -0.1) is 0 Å². The minimum atomic E-state index is -4.43. The van der Waals surface area contributed by atoms with Gasteiger partial charge in [0.2, 0.25) is 0 Å². The summed E-state index contributed by atoms with van der Waals surface area (Å²) in [7, 11) is 0. The van der Waals surface area contributed by atoms with Gasteiger partial charge in [-0.05, 0) is 46.4 Å². The number of fused-ring (bicyclic) bond motifs is 1. The van der Waals surface area contributed by atoms with Crippen LogP contribution >= 0.6 is 15.9 Å². The Morgan fingerprint density at radius 3 is 2.56 bits per heavy atom. The summed E-state index contributed by atoms with van der Waals surface area (Å²) >= 11 is 3.00.